The van der Waals surface area contributed by atoms with E-state index in [1.807, 2.05) is 38.4 Å². The maximum absolute atomic E-state index is 12.6. The molecular formula is C15H20ClNO. The molecule has 1 aromatic carbocycles. The van der Waals surface area contributed by atoms with E-state index in [2.05, 4.69) is 4.90 Å². The van der Waals surface area contributed by atoms with Crippen LogP contribution in [0.15, 0.2) is 24.3 Å². The first-order valence-electron chi connectivity index (χ1n) is 6.50. The maximum atomic E-state index is 12.6. The molecule has 0 radical (unpaired) electrons. The number of hydrogen-bond acceptors (Lipinski definition) is 2. The van der Waals surface area contributed by atoms with Crippen LogP contribution < -0.4 is 0 Å². The number of nitrogens with zero attached hydrogens (tertiary/aromatic N) is 1. The minimum absolute atomic E-state index is 0.236. The quantitative estimate of drug-likeness (QED) is 0.832. The monoisotopic (exact) mass is 265 g/mol. The van der Waals surface area contributed by atoms with E-state index < -0.39 is 0 Å². The standard InChI is InChI=1S/C15H20ClNO/c1-17(2)15(9-3-4-10-15)14(18)11-12-5-7-13(16)8-6-12/h5-8H,3-4,9-11H2,1-2H3. The van der Waals surface area contributed by atoms with E-state index in [0.29, 0.717) is 12.2 Å². The molecule has 2 rings (SSSR count). The van der Waals surface area contributed by atoms with Crippen molar-refractivity contribution in [1.29, 1.82) is 0 Å². The topological polar surface area (TPSA) is 20.3 Å². The van der Waals surface area contributed by atoms with Gasteiger partial charge in [-0.05, 0) is 44.6 Å². The van der Waals surface area contributed by atoms with Gasteiger partial charge < -0.3 is 0 Å². The molecule has 0 saturated heterocycles. The highest BCUT2D eigenvalue weighted by Crippen LogP contribution is 2.35. The van der Waals surface area contributed by atoms with Crippen molar-refractivity contribution in [3.63, 3.8) is 0 Å². The van der Waals surface area contributed by atoms with E-state index in [-0.39, 0.29) is 5.54 Å². The molecular weight excluding hydrogens is 246 g/mol. The molecule has 98 valence electrons. The van der Waals surface area contributed by atoms with Crippen LogP contribution >= 0.6 is 11.6 Å². The number of hydrogen-bond donors (Lipinski definition) is 0. The van der Waals surface area contributed by atoms with Crippen LogP contribution in [-0.4, -0.2) is 30.3 Å². The molecule has 0 spiro atoms. The molecule has 1 aromatic rings. The van der Waals surface area contributed by atoms with Crippen molar-refractivity contribution in [2.75, 3.05) is 14.1 Å². The van der Waals surface area contributed by atoms with Gasteiger partial charge in [-0.1, -0.05) is 36.6 Å². The maximum Gasteiger partial charge on any atom is 0.157 e. The van der Waals surface area contributed by atoms with Gasteiger partial charge >= 0.3 is 0 Å². The van der Waals surface area contributed by atoms with Gasteiger partial charge in [-0.3, -0.25) is 9.69 Å². The largest absolute Gasteiger partial charge is 0.297 e. The van der Waals surface area contributed by atoms with Crippen molar-refractivity contribution in [1.82, 2.24) is 4.90 Å². The smallest absolute Gasteiger partial charge is 0.157 e. The third kappa shape index (κ3) is 2.60. The number of carbonyl (C=O) groups is 1. The van der Waals surface area contributed by atoms with Crippen molar-refractivity contribution in [3.8, 4) is 0 Å². The number of likely N-dealkylation sites (N-methyl/N-ethyl adjacent to an activating group) is 1. The fourth-order valence-electron chi connectivity index (χ4n) is 2.89. The molecule has 2 nitrogen and oxygen atoms in total. The third-order valence-electron chi connectivity index (χ3n) is 4.08. The second kappa shape index (κ2) is 5.41. The highest BCUT2D eigenvalue weighted by Gasteiger charge is 2.42. The first kappa shape index (κ1) is 13.6. The Hall–Kier alpha value is -0.860. The molecule has 3 heteroatoms. The average Bonchev–Trinajstić information content (AvgIpc) is 2.82. The Balaban J connectivity index is 2.13. The zero-order valence-corrected chi connectivity index (χ0v) is 11.8. The zero-order chi connectivity index (χ0) is 13.2. The van der Waals surface area contributed by atoms with Gasteiger partial charge in [-0.15, -0.1) is 0 Å². The minimum Gasteiger partial charge on any atom is -0.297 e. The summed E-state index contributed by atoms with van der Waals surface area (Å²) in [6.07, 6.45) is 4.81. The second-order valence-corrected chi connectivity index (χ2v) is 5.80. The molecule has 18 heavy (non-hydrogen) atoms. The number of rotatable bonds is 4. The van der Waals surface area contributed by atoms with Crippen molar-refractivity contribution in [2.24, 2.45) is 0 Å². The molecule has 1 saturated carbocycles. The van der Waals surface area contributed by atoms with Gasteiger partial charge in [0.15, 0.2) is 5.78 Å². The molecule has 0 aliphatic heterocycles. The normalized spacial score (nSPS) is 18.2. The number of halogens is 1. The van der Waals surface area contributed by atoms with E-state index >= 15 is 0 Å². The lowest BCUT2D eigenvalue weighted by Crippen LogP contribution is -2.49. The second-order valence-electron chi connectivity index (χ2n) is 5.36. The van der Waals surface area contributed by atoms with Gasteiger partial charge in [-0.2, -0.15) is 0 Å². The van der Waals surface area contributed by atoms with Gasteiger partial charge in [0.1, 0.15) is 0 Å². The summed E-state index contributed by atoms with van der Waals surface area (Å²) in [5.74, 6) is 0.340. The summed E-state index contributed by atoms with van der Waals surface area (Å²) in [5, 5.41) is 0.717. The van der Waals surface area contributed by atoms with Crippen LogP contribution in [0.4, 0.5) is 0 Å². The summed E-state index contributed by atoms with van der Waals surface area (Å²) in [4.78, 5) is 14.7. The highest BCUT2D eigenvalue weighted by molar-refractivity contribution is 6.30. The molecule has 0 heterocycles. The SMILES string of the molecule is CN(C)C1(C(=O)Cc2ccc(Cl)cc2)CCCC1. The molecule has 0 aromatic heterocycles. The molecule has 0 amide bonds. The van der Waals surface area contributed by atoms with Crippen molar-refractivity contribution in [3.05, 3.63) is 34.9 Å². The van der Waals surface area contributed by atoms with Gasteiger partial charge in [0.05, 0.1) is 5.54 Å². The lowest BCUT2D eigenvalue weighted by molar-refractivity contribution is -0.128. The minimum atomic E-state index is -0.236. The van der Waals surface area contributed by atoms with Gasteiger partial charge in [0.25, 0.3) is 0 Å². The van der Waals surface area contributed by atoms with Crippen LogP contribution in [0.1, 0.15) is 31.2 Å². The van der Waals surface area contributed by atoms with Crippen molar-refractivity contribution < 1.29 is 4.79 Å². The average molecular weight is 266 g/mol. The zero-order valence-electron chi connectivity index (χ0n) is 11.1. The van der Waals surface area contributed by atoms with E-state index in [1.54, 1.807) is 0 Å². The van der Waals surface area contributed by atoms with Crippen LogP contribution in [0.5, 0.6) is 0 Å². The molecule has 0 N–H and O–H groups in total. The van der Waals surface area contributed by atoms with E-state index in [0.717, 1.165) is 36.3 Å². The van der Waals surface area contributed by atoms with Gasteiger partial charge in [0.2, 0.25) is 0 Å². The lowest BCUT2D eigenvalue weighted by Gasteiger charge is -2.34. The summed E-state index contributed by atoms with van der Waals surface area (Å²) in [7, 11) is 4.04. The summed E-state index contributed by atoms with van der Waals surface area (Å²) in [5.41, 5.74) is 0.817. The predicted molar refractivity (Wildman–Crippen MR) is 75.0 cm³/mol. The fourth-order valence-corrected chi connectivity index (χ4v) is 3.01. The summed E-state index contributed by atoms with van der Waals surface area (Å²) < 4.78 is 0. The number of ketones is 1. The molecule has 0 atom stereocenters. The number of Topliss-reactive ketones (excluding diaryl/α,β-unsaturated/α-hetero) is 1. The third-order valence-corrected chi connectivity index (χ3v) is 4.34. The highest BCUT2D eigenvalue weighted by atomic mass is 35.5. The van der Waals surface area contributed by atoms with Gasteiger partial charge in [0, 0.05) is 11.4 Å². The Morgan fingerprint density at radius 1 is 1.22 bits per heavy atom. The summed E-state index contributed by atoms with van der Waals surface area (Å²) in [6.45, 7) is 0. The molecule has 1 aliphatic carbocycles. The summed E-state index contributed by atoms with van der Waals surface area (Å²) in [6, 6.07) is 7.58. The Bertz CT molecular complexity index is 419. The van der Waals surface area contributed by atoms with Crippen LogP contribution in [0.3, 0.4) is 0 Å². The molecule has 1 fully saturated rings. The Morgan fingerprint density at radius 3 is 2.28 bits per heavy atom. The molecule has 0 unspecified atom stereocenters. The number of carbonyl (C=O) groups excluding carboxylic acids is 1. The van der Waals surface area contributed by atoms with Crippen molar-refractivity contribution in [2.45, 2.75) is 37.6 Å². The molecule has 0 bridgehead atoms. The fraction of sp³-hybridized carbons (Fsp3) is 0.533. The first-order valence-corrected chi connectivity index (χ1v) is 6.87. The Morgan fingerprint density at radius 2 is 1.78 bits per heavy atom. The van der Waals surface area contributed by atoms with Gasteiger partial charge in [-0.25, -0.2) is 0 Å². The molecule has 1 aliphatic rings. The number of benzene rings is 1. The van der Waals surface area contributed by atoms with E-state index in [1.165, 1.54) is 0 Å². The van der Waals surface area contributed by atoms with E-state index in [9.17, 15) is 4.79 Å². The first-order chi connectivity index (χ1) is 8.54. The van der Waals surface area contributed by atoms with Crippen molar-refractivity contribution >= 4 is 17.4 Å². The van der Waals surface area contributed by atoms with Crippen LogP contribution in [-0.2, 0) is 11.2 Å². The van der Waals surface area contributed by atoms with Crippen LogP contribution in [0, 0.1) is 0 Å². The van der Waals surface area contributed by atoms with Crippen LogP contribution in [0.25, 0.3) is 0 Å². The van der Waals surface area contributed by atoms with Crippen LogP contribution in [0.2, 0.25) is 5.02 Å². The predicted octanol–water partition coefficient (Wildman–Crippen LogP) is 3.33. The lowest BCUT2D eigenvalue weighted by atomic mass is 9.87. The Labute approximate surface area is 114 Å². The summed E-state index contributed by atoms with van der Waals surface area (Å²) >= 11 is 5.86. The Kier molecular flexibility index (Phi) is 4.08. The van der Waals surface area contributed by atoms with E-state index in [4.69, 9.17) is 11.6 Å².